The second kappa shape index (κ2) is 3.19. The van der Waals surface area contributed by atoms with Crippen LogP contribution < -0.4 is 5.32 Å². The molecule has 0 bridgehead atoms. The summed E-state index contributed by atoms with van der Waals surface area (Å²) in [5.74, 6) is 0. The molecular formula is C8H11ClN2O. The Balaban J connectivity index is 3.22. The van der Waals surface area contributed by atoms with E-state index in [1.807, 2.05) is 13.8 Å². The first-order valence-electron chi connectivity index (χ1n) is 3.64. The second-order valence-corrected chi connectivity index (χ2v) is 3.02. The number of hydrogen-bond acceptors (Lipinski definition) is 1. The predicted octanol–water partition coefficient (Wildman–Crippen LogP) is 1.95. The first kappa shape index (κ1) is 9.13. The van der Waals surface area contributed by atoms with Crippen LogP contribution in [0.1, 0.15) is 11.4 Å². The van der Waals surface area contributed by atoms with Crippen LogP contribution >= 0.6 is 11.6 Å². The highest BCUT2D eigenvalue weighted by atomic mass is 35.5. The van der Waals surface area contributed by atoms with Crippen molar-refractivity contribution in [2.75, 3.05) is 7.05 Å². The highest BCUT2D eigenvalue weighted by molar-refractivity contribution is 6.31. The number of aryl methyl sites for hydroxylation is 1. The molecule has 4 heteroatoms. The summed E-state index contributed by atoms with van der Waals surface area (Å²) in [5.41, 5.74) is 1.62. The standard InChI is InChI=1S/C8H11ClN2O/c1-5-4-7(9)6(2)11(5)8(12)10-3/h4H,1-3H3,(H,10,12). The molecule has 0 aliphatic carbocycles. The van der Waals surface area contributed by atoms with E-state index >= 15 is 0 Å². The van der Waals surface area contributed by atoms with Crippen LogP contribution in [0.25, 0.3) is 0 Å². The molecule has 1 N–H and O–H groups in total. The van der Waals surface area contributed by atoms with Gasteiger partial charge in [-0.25, -0.2) is 4.79 Å². The molecule has 0 aliphatic heterocycles. The van der Waals surface area contributed by atoms with Crippen molar-refractivity contribution in [1.29, 1.82) is 0 Å². The lowest BCUT2D eigenvalue weighted by molar-refractivity contribution is 0.243. The van der Waals surface area contributed by atoms with E-state index in [1.165, 1.54) is 0 Å². The first-order valence-corrected chi connectivity index (χ1v) is 4.02. The number of nitrogens with zero attached hydrogens (tertiary/aromatic N) is 1. The maximum absolute atomic E-state index is 11.3. The Morgan fingerprint density at radius 2 is 2.17 bits per heavy atom. The van der Waals surface area contributed by atoms with E-state index in [0.29, 0.717) is 5.02 Å². The van der Waals surface area contributed by atoms with Crippen molar-refractivity contribution < 1.29 is 4.79 Å². The lowest BCUT2D eigenvalue weighted by Gasteiger charge is -2.05. The Morgan fingerprint density at radius 3 is 2.50 bits per heavy atom. The van der Waals surface area contributed by atoms with Crippen molar-refractivity contribution in [1.82, 2.24) is 9.88 Å². The van der Waals surface area contributed by atoms with Crippen molar-refractivity contribution in [3.63, 3.8) is 0 Å². The van der Waals surface area contributed by atoms with Gasteiger partial charge < -0.3 is 5.32 Å². The summed E-state index contributed by atoms with van der Waals surface area (Å²) in [5, 5.41) is 3.16. The van der Waals surface area contributed by atoms with E-state index in [4.69, 9.17) is 11.6 Å². The highest BCUT2D eigenvalue weighted by Crippen LogP contribution is 2.19. The molecular weight excluding hydrogens is 176 g/mol. The minimum absolute atomic E-state index is 0.156. The summed E-state index contributed by atoms with van der Waals surface area (Å²) in [6.45, 7) is 3.65. The molecule has 0 atom stereocenters. The second-order valence-electron chi connectivity index (χ2n) is 2.61. The van der Waals surface area contributed by atoms with Gasteiger partial charge in [0.25, 0.3) is 0 Å². The number of amides is 1. The van der Waals surface area contributed by atoms with Crippen LogP contribution in [0.15, 0.2) is 6.07 Å². The maximum Gasteiger partial charge on any atom is 0.325 e. The molecule has 0 saturated carbocycles. The van der Waals surface area contributed by atoms with Crippen LogP contribution in [0.4, 0.5) is 4.79 Å². The van der Waals surface area contributed by atoms with Gasteiger partial charge in [0.1, 0.15) is 0 Å². The Kier molecular flexibility index (Phi) is 2.43. The third-order valence-corrected chi connectivity index (χ3v) is 2.17. The van der Waals surface area contributed by atoms with Crippen LogP contribution in [0.2, 0.25) is 5.02 Å². The minimum Gasteiger partial charge on any atom is -0.340 e. The van der Waals surface area contributed by atoms with Gasteiger partial charge in [0.05, 0.1) is 5.02 Å². The number of rotatable bonds is 0. The molecule has 12 heavy (non-hydrogen) atoms. The summed E-state index contributed by atoms with van der Waals surface area (Å²) in [6.07, 6.45) is 0. The van der Waals surface area contributed by atoms with E-state index in [2.05, 4.69) is 5.32 Å². The third kappa shape index (κ3) is 1.32. The van der Waals surface area contributed by atoms with Crippen LogP contribution in [-0.2, 0) is 0 Å². The van der Waals surface area contributed by atoms with Crippen LogP contribution in [0.3, 0.4) is 0 Å². The Hall–Kier alpha value is -0.960. The fraction of sp³-hybridized carbons (Fsp3) is 0.375. The van der Waals surface area contributed by atoms with E-state index in [1.54, 1.807) is 17.7 Å². The normalized spacial score (nSPS) is 10.0. The largest absolute Gasteiger partial charge is 0.340 e. The lowest BCUT2D eigenvalue weighted by Crippen LogP contribution is -2.26. The van der Waals surface area contributed by atoms with Crippen molar-refractivity contribution in [2.24, 2.45) is 0 Å². The summed E-state index contributed by atoms with van der Waals surface area (Å²) in [7, 11) is 1.59. The highest BCUT2D eigenvalue weighted by Gasteiger charge is 2.11. The molecule has 0 aromatic carbocycles. The summed E-state index contributed by atoms with van der Waals surface area (Å²) >= 11 is 5.83. The Morgan fingerprint density at radius 1 is 1.58 bits per heavy atom. The molecule has 0 unspecified atom stereocenters. The SMILES string of the molecule is CNC(=O)n1c(C)cc(Cl)c1C. The van der Waals surface area contributed by atoms with Gasteiger partial charge in [0.15, 0.2) is 0 Å². The van der Waals surface area contributed by atoms with Crippen molar-refractivity contribution >= 4 is 17.6 Å². The van der Waals surface area contributed by atoms with Gasteiger partial charge in [-0.3, -0.25) is 4.57 Å². The number of hydrogen-bond donors (Lipinski definition) is 1. The molecule has 3 nitrogen and oxygen atoms in total. The number of carbonyl (C=O) groups excluding carboxylic acids is 1. The number of nitrogens with one attached hydrogen (secondary N) is 1. The van der Waals surface area contributed by atoms with Gasteiger partial charge in [-0.1, -0.05) is 11.6 Å². The minimum atomic E-state index is -0.156. The van der Waals surface area contributed by atoms with Crippen LogP contribution in [0, 0.1) is 13.8 Å². The van der Waals surface area contributed by atoms with E-state index in [9.17, 15) is 4.79 Å². The average molecular weight is 187 g/mol. The quantitative estimate of drug-likeness (QED) is 0.660. The van der Waals surface area contributed by atoms with Gasteiger partial charge in [0.2, 0.25) is 0 Å². The van der Waals surface area contributed by atoms with Gasteiger partial charge in [-0.05, 0) is 19.9 Å². The molecule has 1 amide bonds. The molecule has 1 rings (SSSR count). The zero-order valence-corrected chi connectivity index (χ0v) is 8.07. The maximum atomic E-state index is 11.3. The molecule has 1 heterocycles. The Labute approximate surface area is 76.3 Å². The molecule has 0 aliphatic rings. The summed E-state index contributed by atoms with van der Waals surface area (Å²) in [4.78, 5) is 11.3. The van der Waals surface area contributed by atoms with Crippen LogP contribution in [-0.4, -0.2) is 17.6 Å². The fourth-order valence-electron chi connectivity index (χ4n) is 1.15. The van der Waals surface area contributed by atoms with Gasteiger partial charge >= 0.3 is 6.03 Å². The fourth-order valence-corrected chi connectivity index (χ4v) is 1.39. The number of halogens is 1. The van der Waals surface area contributed by atoms with Crippen molar-refractivity contribution in [3.8, 4) is 0 Å². The molecule has 0 saturated heterocycles. The smallest absolute Gasteiger partial charge is 0.325 e. The number of carbonyl (C=O) groups is 1. The molecule has 0 radical (unpaired) electrons. The zero-order valence-electron chi connectivity index (χ0n) is 7.31. The van der Waals surface area contributed by atoms with Gasteiger partial charge in [0, 0.05) is 18.4 Å². The topological polar surface area (TPSA) is 34.0 Å². The summed E-state index contributed by atoms with van der Waals surface area (Å²) in [6, 6.07) is 1.61. The Bertz CT molecular complexity index is 317. The van der Waals surface area contributed by atoms with Crippen molar-refractivity contribution in [3.05, 3.63) is 22.5 Å². The average Bonchev–Trinajstić information content (AvgIpc) is 2.26. The molecule has 66 valence electrons. The molecule has 0 spiro atoms. The van der Waals surface area contributed by atoms with E-state index < -0.39 is 0 Å². The molecule has 0 fully saturated rings. The summed E-state index contributed by atoms with van der Waals surface area (Å²) < 4.78 is 1.54. The first-order chi connectivity index (χ1) is 5.57. The zero-order chi connectivity index (χ0) is 9.30. The van der Waals surface area contributed by atoms with E-state index in [-0.39, 0.29) is 6.03 Å². The predicted molar refractivity (Wildman–Crippen MR) is 48.8 cm³/mol. The van der Waals surface area contributed by atoms with Gasteiger partial charge in [-0.15, -0.1) is 0 Å². The molecule has 1 aromatic heterocycles. The van der Waals surface area contributed by atoms with Crippen LogP contribution in [0.5, 0.6) is 0 Å². The third-order valence-electron chi connectivity index (χ3n) is 1.79. The van der Waals surface area contributed by atoms with Crippen molar-refractivity contribution in [2.45, 2.75) is 13.8 Å². The van der Waals surface area contributed by atoms with E-state index in [0.717, 1.165) is 11.4 Å². The number of aromatic nitrogens is 1. The monoisotopic (exact) mass is 186 g/mol. The van der Waals surface area contributed by atoms with Gasteiger partial charge in [-0.2, -0.15) is 0 Å². The molecule has 1 aromatic rings. The lowest BCUT2D eigenvalue weighted by atomic mass is 10.5.